The highest BCUT2D eigenvalue weighted by Crippen LogP contribution is 2.15. The fourth-order valence-corrected chi connectivity index (χ4v) is 2.76. The van der Waals surface area contributed by atoms with Crippen molar-refractivity contribution >= 4 is 18.0 Å². The molecule has 0 aliphatic heterocycles. The summed E-state index contributed by atoms with van der Waals surface area (Å²) in [6.07, 6.45) is -0.830. The van der Waals surface area contributed by atoms with E-state index in [0.717, 1.165) is 0 Å². The zero-order valence-electron chi connectivity index (χ0n) is 19.2. The largest absolute Gasteiger partial charge is 0.466 e. The normalized spacial score (nSPS) is 15.8. The van der Waals surface area contributed by atoms with E-state index >= 15 is 0 Å². The second-order valence-corrected chi connectivity index (χ2v) is 8.83. The Bertz CT molecular complexity index is 530. The molecule has 2 unspecified atom stereocenters. The fraction of sp³-hybridized carbons (Fsp3) is 0.857. The molecule has 0 aromatic rings. The minimum absolute atomic E-state index is 0.149. The molecular formula is C21H40N2O6. The third-order valence-electron chi connectivity index (χ3n) is 4.37. The number of hydrogen-bond acceptors (Lipinski definition) is 6. The zero-order valence-corrected chi connectivity index (χ0v) is 19.2. The van der Waals surface area contributed by atoms with Gasteiger partial charge in [-0.25, -0.2) is 4.79 Å². The van der Waals surface area contributed by atoms with Crippen LogP contribution >= 0.6 is 0 Å². The van der Waals surface area contributed by atoms with E-state index < -0.39 is 41.8 Å². The number of hydrogen-bond donors (Lipinski definition) is 3. The molecule has 0 saturated heterocycles. The van der Waals surface area contributed by atoms with Crippen LogP contribution in [0.4, 0.5) is 4.79 Å². The van der Waals surface area contributed by atoms with Gasteiger partial charge in [0.05, 0.1) is 25.2 Å². The molecule has 0 radical (unpaired) electrons. The Morgan fingerprint density at radius 1 is 1.03 bits per heavy atom. The Balaban J connectivity index is 5.29. The number of esters is 1. The van der Waals surface area contributed by atoms with Crippen molar-refractivity contribution in [1.29, 1.82) is 0 Å². The van der Waals surface area contributed by atoms with Gasteiger partial charge in [0.1, 0.15) is 11.6 Å². The van der Waals surface area contributed by atoms with E-state index in [9.17, 15) is 19.5 Å². The third kappa shape index (κ3) is 11.7. The second kappa shape index (κ2) is 12.7. The van der Waals surface area contributed by atoms with Gasteiger partial charge in [-0.3, -0.25) is 9.59 Å². The molecule has 0 spiro atoms. The van der Waals surface area contributed by atoms with Gasteiger partial charge >= 0.3 is 12.1 Å². The highest BCUT2D eigenvalue weighted by atomic mass is 16.6. The van der Waals surface area contributed by atoms with Gasteiger partial charge in [-0.2, -0.15) is 0 Å². The lowest BCUT2D eigenvalue weighted by Gasteiger charge is -2.30. The van der Waals surface area contributed by atoms with Crippen LogP contribution in [0.25, 0.3) is 0 Å². The van der Waals surface area contributed by atoms with Gasteiger partial charge in [-0.15, -0.1) is 0 Å². The molecule has 0 aliphatic carbocycles. The summed E-state index contributed by atoms with van der Waals surface area (Å²) in [5.74, 6) is -0.908. The van der Waals surface area contributed by atoms with E-state index in [1.807, 2.05) is 27.7 Å². The van der Waals surface area contributed by atoms with Crippen molar-refractivity contribution in [2.45, 2.75) is 98.4 Å². The summed E-state index contributed by atoms with van der Waals surface area (Å²) in [7, 11) is 0. The topological polar surface area (TPSA) is 114 Å². The number of aliphatic hydroxyl groups excluding tert-OH is 1. The standard InChI is InChI=1S/C21H40N2O6/c1-9-14(5)18(23-20(27)29-21(6,7)8)19(26)22-15(11-13(3)4)16(24)12-17(25)28-10-2/h13-16,18,24H,9-12H2,1-8H3,(H,22,26)(H,23,27)/t14?,15-,16?,18-/m0/s1. The molecular weight excluding hydrogens is 376 g/mol. The average Bonchev–Trinajstić information content (AvgIpc) is 2.56. The number of nitrogens with one attached hydrogen (secondary N) is 2. The predicted molar refractivity (Wildman–Crippen MR) is 111 cm³/mol. The molecule has 0 heterocycles. The molecule has 3 N–H and O–H groups in total. The van der Waals surface area contributed by atoms with Crippen LogP contribution in [0.2, 0.25) is 0 Å². The van der Waals surface area contributed by atoms with Crippen LogP contribution in [0.3, 0.4) is 0 Å². The summed E-state index contributed by atoms with van der Waals surface area (Å²) >= 11 is 0. The quantitative estimate of drug-likeness (QED) is 0.446. The van der Waals surface area contributed by atoms with E-state index in [-0.39, 0.29) is 24.9 Å². The van der Waals surface area contributed by atoms with Crippen LogP contribution in [0.15, 0.2) is 0 Å². The Hall–Kier alpha value is -1.83. The average molecular weight is 417 g/mol. The third-order valence-corrected chi connectivity index (χ3v) is 4.37. The van der Waals surface area contributed by atoms with E-state index in [2.05, 4.69) is 10.6 Å². The summed E-state index contributed by atoms with van der Waals surface area (Å²) in [4.78, 5) is 36.9. The number of aliphatic hydroxyl groups is 1. The maximum Gasteiger partial charge on any atom is 0.408 e. The van der Waals surface area contributed by atoms with Crippen molar-refractivity contribution < 1.29 is 29.0 Å². The van der Waals surface area contributed by atoms with Gasteiger partial charge in [-0.05, 0) is 46.0 Å². The first-order chi connectivity index (χ1) is 13.3. The summed E-state index contributed by atoms with van der Waals surface area (Å²) in [5.41, 5.74) is -0.684. The molecule has 0 rings (SSSR count). The van der Waals surface area contributed by atoms with Crippen LogP contribution in [0.1, 0.15) is 74.7 Å². The van der Waals surface area contributed by atoms with Crippen molar-refractivity contribution in [2.75, 3.05) is 6.61 Å². The van der Waals surface area contributed by atoms with E-state index in [0.29, 0.717) is 12.8 Å². The highest BCUT2D eigenvalue weighted by Gasteiger charge is 2.32. The zero-order chi connectivity index (χ0) is 22.8. The van der Waals surface area contributed by atoms with Crippen LogP contribution < -0.4 is 10.6 Å². The summed E-state index contributed by atoms with van der Waals surface area (Å²) in [6.45, 7) is 14.8. The lowest BCUT2D eigenvalue weighted by molar-refractivity contribution is -0.146. The van der Waals surface area contributed by atoms with Gasteiger partial charge < -0.3 is 25.2 Å². The molecule has 29 heavy (non-hydrogen) atoms. The van der Waals surface area contributed by atoms with Crippen molar-refractivity contribution in [2.24, 2.45) is 11.8 Å². The first kappa shape index (κ1) is 27.2. The lowest BCUT2D eigenvalue weighted by atomic mass is 9.94. The van der Waals surface area contributed by atoms with Gasteiger partial charge in [-0.1, -0.05) is 34.1 Å². The maximum absolute atomic E-state index is 12.9. The minimum Gasteiger partial charge on any atom is -0.466 e. The number of rotatable bonds is 11. The molecule has 0 aromatic carbocycles. The SMILES string of the molecule is CCOC(=O)CC(O)[C@H](CC(C)C)NC(=O)[C@@H](NC(=O)OC(C)(C)C)C(C)CC. The van der Waals surface area contributed by atoms with Crippen molar-refractivity contribution in [3.05, 3.63) is 0 Å². The minimum atomic E-state index is -1.08. The molecule has 0 saturated carbocycles. The Kier molecular flexibility index (Phi) is 11.9. The Labute approximate surface area is 175 Å². The van der Waals surface area contributed by atoms with E-state index in [1.54, 1.807) is 27.7 Å². The van der Waals surface area contributed by atoms with Crippen LogP contribution in [-0.4, -0.2) is 53.5 Å². The summed E-state index contributed by atoms with van der Waals surface area (Å²) in [6, 6.07) is -1.46. The maximum atomic E-state index is 12.9. The second-order valence-electron chi connectivity index (χ2n) is 8.83. The molecule has 0 aromatic heterocycles. The Morgan fingerprint density at radius 3 is 2.07 bits per heavy atom. The van der Waals surface area contributed by atoms with Gasteiger partial charge in [0.25, 0.3) is 0 Å². The molecule has 0 aliphatic rings. The molecule has 2 amide bonds. The van der Waals surface area contributed by atoms with Crippen molar-refractivity contribution in [3.63, 3.8) is 0 Å². The van der Waals surface area contributed by atoms with Gasteiger partial charge in [0.2, 0.25) is 5.91 Å². The van der Waals surface area contributed by atoms with Crippen LogP contribution in [0, 0.1) is 11.8 Å². The van der Waals surface area contributed by atoms with E-state index in [4.69, 9.17) is 9.47 Å². The Morgan fingerprint density at radius 2 is 1.62 bits per heavy atom. The molecule has 0 fully saturated rings. The number of ether oxygens (including phenoxy) is 2. The molecule has 8 heteroatoms. The molecule has 0 bridgehead atoms. The summed E-state index contributed by atoms with van der Waals surface area (Å²) in [5, 5.41) is 15.9. The number of alkyl carbamates (subject to hydrolysis) is 1. The molecule has 170 valence electrons. The number of carbonyl (C=O) groups is 3. The smallest absolute Gasteiger partial charge is 0.408 e. The van der Waals surface area contributed by atoms with Gasteiger partial charge in [0, 0.05) is 0 Å². The predicted octanol–water partition coefficient (Wildman–Crippen LogP) is 2.77. The first-order valence-electron chi connectivity index (χ1n) is 10.4. The number of carbonyl (C=O) groups excluding carboxylic acids is 3. The van der Waals surface area contributed by atoms with Crippen LogP contribution in [0.5, 0.6) is 0 Å². The van der Waals surface area contributed by atoms with Crippen molar-refractivity contribution in [3.8, 4) is 0 Å². The highest BCUT2D eigenvalue weighted by molar-refractivity contribution is 5.86. The van der Waals surface area contributed by atoms with Gasteiger partial charge in [0.15, 0.2) is 0 Å². The molecule has 4 atom stereocenters. The summed E-state index contributed by atoms with van der Waals surface area (Å²) < 4.78 is 10.2. The monoisotopic (exact) mass is 416 g/mol. The molecule has 8 nitrogen and oxygen atoms in total. The number of amides is 2. The van der Waals surface area contributed by atoms with Crippen molar-refractivity contribution in [1.82, 2.24) is 10.6 Å². The van der Waals surface area contributed by atoms with Crippen LogP contribution in [-0.2, 0) is 19.1 Å². The van der Waals surface area contributed by atoms with E-state index in [1.165, 1.54) is 0 Å². The first-order valence-corrected chi connectivity index (χ1v) is 10.4. The fourth-order valence-electron chi connectivity index (χ4n) is 2.76. The lowest BCUT2D eigenvalue weighted by Crippen LogP contribution is -2.55.